The third-order valence-electron chi connectivity index (χ3n) is 1.71. The second-order valence-electron chi connectivity index (χ2n) is 2.96. The van der Waals surface area contributed by atoms with Gasteiger partial charge in [-0.1, -0.05) is 15.9 Å². The fourth-order valence-electron chi connectivity index (χ4n) is 1.02. The number of ether oxygens (including phenoxy) is 1. The van der Waals surface area contributed by atoms with E-state index in [0.29, 0.717) is 5.75 Å². The van der Waals surface area contributed by atoms with Crippen molar-refractivity contribution >= 4 is 21.9 Å². The van der Waals surface area contributed by atoms with Crippen molar-refractivity contribution < 1.29 is 9.53 Å². The van der Waals surface area contributed by atoms with Gasteiger partial charge in [-0.3, -0.25) is 4.79 Å². The van der Waals surface area contributed by atoms with Crippen LogP contribution in [0.25, 0.3) is 0 Å². The van der Waals surface area contributed by atoms with E-state index in [4.69, 9.17) is 4.74 Å². The minimum atomic E-state index is -0.287. The molecule has 0 N–H and O–H groups in total. The number of benzene rings is 1. The first-order valence-corrected chi connectivity index (χ1v) is 4.75. The van der Waals surface area contributed by atoms with Gasteiger partial charge in [0, 0.05) is 11.4 Å². The molecule has 1 aromatic rings. The van der Waals surface area contributed by atoms with Crippen LogP contribution in [0.2, 0.25) is 0 Å². The van der Waals surface area contributed by atoms with Gasteiger partial charge in [0.1, 0.15) is 5.75 Å². The summed E-state index contributed by atoms with van der Waals surface area (Å²) < 4.78 is 6.05. The molecular weight excluding hydrogens is 232 g/mol. The third kappa shape index (κ3) is 2.56. The molecular formula is C10H11BrO2. The highest BCUT2D eigenvalue weighted by Gasteiger charge is 2.05. The van der Waals surface area contributed by atoms with E-state index in [1.165, 1.54) is 6.92 Å². The molecule has 13 heavy (non-hydrogen) atoms. The molecule has 1 rings (SSSR count). The normalized spacial score (nSPS) is 9.85. The van der Waals surface area contributed by atoms with Crippen molar-refractivity contribution in [2.75, 3.05) is 0 Å². The summed E-state index contributed by atoms with van der Waals surface area (Å²) >= 11 is 3.41. The van der Waals surface area contributed by atoms with Crippen LogP contribution in [0, 0.1) is 13.8 Å². The fourth-order valence-corrected chi connectivity index (χ4v) is 1.48. The van der Waals surface area contributed by atoms with Gasteiger partial charge in [0.05, 0.1) is 0 Å². The molecule has 0 fully saturated rings. The van der Waals surface area contributed by atoms with Gasteiger partial charge in [0.25, 0.3) is 0 Å². The van der Waals surface area contributed by atoms with E-state index < -0.39 is 0 Å². The zero-order valence-corrected chi connectivity index (χ0v) is 9.44. The minimum absolute atomic E-state index is 0.287. The average Bonchev–Trinajstić information content (AvgIpc) is 1.99. The standard InChI is InChI=1S/C10H11BrO2/c1-6-5-10(13-8(3)12)7(2)4-9(6)11/h4-5H,1-3H3. The van der Waals surface area contributed by atoms with Gasteiger partial charge in [0.15, 0.2) is 0 Å². The summed E-state index contributed by atoms with van der Waals surface area (Å²) in [6.07, 6.45) is 0. The highest BCUT2D eigenvalue weighted by atomic mass is 79.9. The van der Waals surface area contributed by atoms with Crippen LogP contribution in [-0.2, 0) is 4.79 Å². The largest absolute Gasteiger partial charge is 0.426 e. The molecule has 3 heteroatoms. The first-order valence-electron chi connectivity index (χ1n) is 3.96. The molecule has 0 heterocycles. The predicted octanol–water partition coefficient (Wildman–Crippen LogP) is 2.99. The Labute approximate surface area is 86.0 Å². The van der Waals surface area contributed by atoms with E-state index in [-0.39, 0.29) is 5.97 Å². The van der Waals surface area contributed by atoms with Crippen LogP contribution in [0.15, 0.2) is 16.6 Å². The SMILES string of the molecule is CC(=O)Oc1cc(C)c(Br)cc1C. The number of halogens is 1. The number of carbonyl (C=O) groups is 1. The van der Waals surface area contributed by atoms with Gasteiger partial charge in [-0.2, -0.15) is 0 Å². The monoisotopic (exact) mass is 242 g/mol. The maximum absolute atomic E-state index is 10.7. The average molecular weight is 243 g/mol. The maximum atomic E-state index is 10.7. The lowest BCUT2D eigenvalue weighted by atomic mass is 10.1. The zero-order valence-electron chi connectivity index (χ0n) is 7.85. The Morgan fingerprint density at radius 1 is 1.31 bits per heavy atom. The van der Waals surface area contributed by atoms with Gasteiger partial charge >= 0.3 is 5.97 Å². The Kier molecular flexibility index (Phi) is 3.09. The number of hydrogen-bond donors (Lipinski definition) is 0. The maximum Gasteiger partial charge on any atom is 0.308 e. The topological polar surface area (TPSA) is 26.3 Å². The van der Waals surface area contributed by atoms with Crippen molar-refractivity contribution in [2.45, 2.75) is 20.8 Å². The van der Waals surface area contributed by atoms with Crippen molar-refractivity contribution in [3.05, 3.63) is 27.7 Å². The van der Waals surface area contributed by atoms with Gasteiger partial charge in [-0.15, -0.1) is 0 Å². The number of carbonyl (C=O) groups excluding carboxylic acids is 1. The van der Waals surface area contributed by atoms with Crippen LogP contribution in [0.1, 0.15) is 18.1 Å². The molecule has 0 saturated heterocycles. The molecule has 0 aromatic heterocycles. The molecule has 0 spiro atoms. The summed E-state index contributed by atoms with van der Waals surface area (Å²) in [5.74, 6) is 0.345. The van der Waals surface area contributed by atoms with Crippen LogP contribution in [0.5, 0.6) is 5.75 Å². The van der Waals surface area contributed by atoms with E-state index in [1.54, 1.807) is 0 Å². The molecule has 0 bridgehead atoms. The molecule has 0 aliphatic heterocycles. The minimum Gasteiger partial charge on any atom is -0.426 e. The Morgan fingerprint density at radius 3 is 2.46 bits per heavy atom. The molecule has 0 radical (unpaired) electrons. The Bertz CT molecular complexity index is 345. The summed E-state index contributed by atoms with van der Waals surface area (Å²) in [5.41, 5.74) is 2.01. The number of hydrogen-bond acceptors (Lipinski definition) is 2. The summed E-state index contributed by atoms with van der Waals surface area (Å²) in [7, 11) is 0. The second-order valence-corrected chi connectivity index (χ2v) is 3.81. The molecule has 2 nitrogen and oxygen atoms in total. The van der Waals surface area contributed by atoms with Gasteiger partial charge in [-0.25, -0.2) is 0 Å². The van der Waals surface area contributed by atoms with Gasteiger partial charge < -0.3 is 4.74 Å². The van der Waals surface area contributed by atoms with Crippen molar-refractivity contribution in [3.8, 4) is 5.75 Å². The lowest BCUT2D eigenvalue weighted by molar-refractivity contribution is -0.131. The third-order valence-corrected chi connectivity index (χ3v) is 2.56. The summed E-state index contributed by atoms with van der Waals surface area (Å²) in [6, 6.07) is 3.79. The lowest BCUT2D eigenvalue weighted by Gasteiger charge is -2.07. The Balaban J connectivity index is 3.08. The second kappa shape index (κ2) is 3.92. The quantitative estimate of drug-likeness (QED) is 0.559. The number of aryl methyl sites for hydroxylation is 2. The molecule has 0 aliphatic carbocycles. The van der Waals surface area contributed by atoms with Crippen LogP contribution in [-0.4, -0.2) is 5.97 Å². The first-order chi connectivity index (χ1) is 6.00. The fraction of sp³-hybridized carbons (Fsp3) is 0.300. The van der Waals surface area contributed by atoms with Crippen molar-refractivity contribution in [3.63, 3.8) is 0 Å². The molecule has 70 valence electrons. The molecule has 0 amide bonds. The van der Waals surface area contributed by atoms with Crippen LogP contribution < -0.4 is 4.74 Å². The van der Waals surface area contributed by atoms with Gasteiger partial charge in [0.2, 0.25) is 0 Å². The van der Waals surface area contributed by atoms with Crippen LogP contribution in [0.4, 0.5) is 0 Å². The van der Waals surface area contributed by atoms with E-state index >= 15 is 0 Å². The highest BCUT2D eigenvalue weighted by Crippen LogP contribution is 2.26. The number of esters is 1. The molecule has 0 saturated carbocycles. The van der Waals surface area contributed by atoms with Crippen molar-refractivity contribution in [1.82, 2.24) is 0 Å². The molecule has 1 aromatic carbocycles. The number of rotatable bonds is 1. The van der Waals surface area contributed by atoms with E-state index in [2.05, 4.69) is 15.9 Å². The lowest BCUT2D eigenvalue weighted by Crippen LogP contribution is -2.03. The Morgan fingerprint density at radius 2 is 1.92 bits per heavy atom. The van der Waals surface area contributed by atoms with E-state index in [1.807, 2.05) is 26.0 Å². The predicted molar refractivity (Wildman–Crippen MR) is 54.9 cm³/mol. The smallest absolute Gasteiger partial charge is 0.308 e. The van der Waals surface area contributed by atoms with E-state index in [0.717, 1.165) is 15.6 Å². The zero-order chi connectivity index (χ0) is 10.0. The summed E-state index contributed by atoms with van der Waals surface area (Å²) in [5, 5.41) is 0. The molecule has 0 unspecified atom stereocenters. The van der Waals surface area contributed by atoms with E-state index in [9.17, 15) is 4.79 Å². The summed E-state index contributed by atoms with van der Waals surface area (Å²) in [6.45, 7) is 5.26. The van der Waals surface area contributed by atoms with Crippen LogP contribution in [0.3, 0.4) is 0 Å². The first kappa shape index (κ1) is 10.3. The molecule has 0 aliphatic rings. The summed E-state index contributed by atoms with van der Waals surface area (Å²) in [4.78, 5) is 10.7. The van der Waals surface area contributed by atoms with Crippen LogP contribution >= 0.6 is 15.9 Å². The van der Waals surface area contributed by atoms with Crippen molar-refractivity contribution in [2.24, 2.45) is 0 Å². The van der Waals surface area contributed by atoms with Gasteiger partial charge in [-0.05, 0) is 37.1 Å². The van der Waals surface area contributed by atoms with Crippen molar-refractivity contribution in [1.29, 1.82) is 0 Å². The molecule has 0 atom stereocenters. The highest BCUT2D eigenvalue weighted by molar-refractivity contribution is 9.10. The Hall–Kier alpha value is -0.830.